The Morgan fingerprint density at radius 3 is 2.65 bits per heavy atom. The van der Waals surface area contributed by atoms with Crippen molar-refractivity contribution in [1.29, 1.82) is 0 Å². The van der Waals surface area contributed by atoms with Crippen LogP contribution in [0.25, 0.3) is 11.5 Å². The number of anilines is 1. The summed E-state index contributed by atoms with van der Waals surface area (Å²) in [5, 5.41) is 2.98. The van der Waals surface area contributed by atoms with Crippen molar-refractivity contribution in [2.75, 3.05) is 18.4 Å². The number of amides is 2. The lowest BCUT2D eigenvalue weighted by molar-refractivity contribution is -0.130. The third-order valence-electron chi connectivity index (χ3n) is 4.71. The number of nitrogens with zero attached hydrogens (tertiary/aromatic N) is 2. The number of likely N-dealkylation sites (tertiary alicyclic amines) is 1. The molecule has 6 nitrogen and oxygen atoms in total. The molecule has 1 N–H and O–H groups in total. The van der Waals surface area contributed by atoms with E-state index in [1.165, 1.54) is 6.08 Å². The van der Waals surface area contributed by atoms with Crippen molar-refractivity contribution in [3.63, 3.8) is 0 Å². The van der Waals surface area contributed by atoms with E-state index in [4.69, 9.17) is 4.42 Å². The summed E-state index contributed by atoms with van der Waals surface area (Å²) in [4.78, 5) is 30.3. The van der Waals surface area contributed by atoms with Gasteiger partial charge in [0, 0.05) is 30.3 Å². The highest BCUT2D eigenvalue weighted by molar-refractivity contribution is 5.93. The van der Waals surface area contributed by atoms with E-state index in [-0.39, 0.29) is 17.7 Å². The zero-order valence-corrected chi connectivity index (χ0v) is 15.1. The quantitative estimate of drug-likeness (QED) is 0.856. The second-order valence-corrected chi connectivity index (χ2v) is 6.62. The van der Waals surface area contributed by atoms with E-state index in [0.717, 1.165) is 22.5 Å². The molecule has 1 aliphatic heterocycles. The van der Waals surface area contributed by atoms with Crippen LogP contribution in [-0.2, 0) is 9.59 Å². The number of benzene rings is 1. The molecule has 1 aromatic carbocycles. The van der Waals surface area contributed by atoms with Crippen molar-refractivity contribution >= 4 is 17.5 Å². The maximum Gasteiger partial charge on any atom is 0.245 e. The number of oxazole rings is 1. The Morgan fingerprint density at radius 2 is 2.04 bits per heavy atom. The van der Waals surface area contributed by atoms with Gasteiger partial charge in [-0.2, -0.15) is 0 Å². The molecule has 136 valence electrons. The number of aryl methyl sites for hydroxylation is 2. The van der Waals surface area contributed by atoms with Crippen LogP contribution in [0.1, 0.15) is 24.1 Å². The SMILES string of the molecule is C=CC(=O)N1CCC(C(=O)Nc2ccc(C)c(-c3nc(C)co3)c2)CC1. The maximum atomic E-state index is 12.6. The number of hydrogen-bond acceptors (Lipinski definition) is 4. The van der Waals surface area contributed by atoms with Gasteiger partial charge in [0.2, 0.25) is 17.7 Å². The summed E-state index contributed by atoms with van der Waals surface area (Å²) in [5.74, 6) is 0.354. The number of carbonyl (C=O) groups excluding carboxylic acids is 2. The molecule has 1 saturated heterocycles. The van der Waals surface area contributed by atoms with Crippen LogP contribution in [0.3, 0.4) is 0 Å². The van der Waals surface area contributed by atoms with Crippen molar-refractivity contribution in [2.45, 2.75) is 26.7 Å². The van der Waals surface area contributed by atoms with Gasteiger partial charge >= 0.3 is 0 Å². The first-order valence-corrected chi connectivity index (χ1v) is 8.73. The molecule has 2 aromatic rings. The van der Waals surface area contributed by atoms with Gasteiger partial charge in [0.1, 0.15) is 6.26 Å². The molecule has 0 radical (unpaired) electrons. The molecule has 2 heterocycles. The molecule has 0 unspecified atom stereocenters. The molecule has 0 aliphatic carbocycles. The first-order valence-electron chi connectivity index (χ1n) is 8.73. The fourth-order valence-corrected chi connectivity index (χ4v) is 3.14. The second kappa shape index (κ2) is 7.56. The number of piperidine rings is 1. The van der Waals surface area contributed by atoms with Gasteiger partial charge in [-0.15, -0.1) is 0 Å². The fraction of sp³-hybridized carbons (Fsp3) is 0.350. The van der Waals surface area contributed by atoms with Crippen molar-refractivity contribution in [1.82, 2.24) is 9.88 Å². The lowest BCUT2D eigenvalue weighted by atomic mass is 9.95. The summed E-state index contributed by atoms with van der Waals surface area (Å²) in [6, 6.07) is 5.70. The molecule has 1 fully saturated rings. The Hall–Kier alpha value is -2.89. The molecule has 0 saturated carbocycles. The molecule has 0 bridgehead atoms. The molecule has 0 atom stereocenters. The van der Waals surface area contributed by atoms with Crippen LogP contribution in [0.2, 0.25) is 0 Å². The molecule has 1 aliphatic rings. The monoisotopic (exact) mass is 353 g/mol. The highest BCUT2D eigenvalue weighted by Gasteiger charge is 2.26. The zero-order chi connectivity index (χ0) is 18.7. The van der Waals surface area contributed by atoms with Crippen molar-refractivity contribution in [3.05, 3.63) is 48.4 Å². The Bertz CT molecular complexity index is 833. The Balaban J connectivity index is 1.67. The summed E-state index contributed by atoms with van der Waals surface area (Å²) in [6.07, 6.45) is 4.24. The van der Waals surface area contributed by atoms with Gasteiger partial charge in [-0.3, -0.25) is 9.59 Å². The minimum absolute atomic E-state index is 0.0194. The van der Waals surface area contributed by atoms with Gasteiger partial charge in [0.15, 0.2) is 0 Å². The minimum Gasteiger partial charge on any atom is -0.444 e. The number of carbonyl (C=O) groups is 2. The highest BCUT2D eigenvalue weighted by Crippen LogP contribution is 2.27. The summed E-state index contributed by atoms with van der Waals surface area (Å²) in [7, 11) is 0. The molecule has 1 aromatic heterocycles. The van der Waals surface area contributed by atoms with Gasteiger partial charge in [-0.05, 0) is 50.5 Å². The largest absolute Gasteiger partial charge is 0.444 e. The number of hydrogen-bond donors (Lipinski definition) is 1. The van der Waals surface area contributed by atoms with Crippen LogP contribution in [-0.4, -0.2) is 34.8 Å². The van der Waals surface area contributed by atoms with E-state index in [0.29, 0.717) is 31.8 Å². The molecule has 6 heteroatoms. The van der Waals surface area contributed by atoms with Gasteiger partial charge in [-0.1, -0.05) is 12.6 Å². The van der Waals surface area contributed by atoms with Crippen molar-refractivity contribution in [2.24, 2.45) is 5.92 Å². The van der Waals surface area contributed by atoms with Gasteiger partial charge in [-0.25, -0.2) is 4.98 Å². The molecule has 0 spiro atoms. The maximum absolute atomic E-state index is 12.6. The average Bonchev–Trinajstić information content (AvgIpc) is 3.09. The summed E-state index contributed by atoms with van der Waals surface area (Å²) >= 11 is 0. The smallest absolute Gasteiger partial charge is 0.245 e. The lowest BCUT2D eigenvalue weighted by Crippen LogP contribution is -2.40. The van der Waals surface area contributed by atoms with Crippen LogP contribution in [0.15, 0.2) is 41.5 Å². The van der Waals surface area contributed by atoms with Crippen LogP contribution in [0.5, 0.6) is 0 Å². The molecule has 2 amide bonds. The summed E-state index contributed by atoms with van der Waals surface area (Å²) in [6.45, 7) is 8.52. The predicted molar refractivity (Wildman–Crippen MR) is 99.5 cm³/mol. The summed E-state index contributed by atoms with van der Waals surface area (Å²) < 4.78 is 5.48. The number of rotatable bonds is 4. The summed E-state index contributed by atoms with van der Waals surface area (Å²) in [5.41, 5.74) is 3.43. The van der Waals surface area contributed by atoms with E-state index < -0.39 is 0 Å². The molecule has 3 rings (SSSR count). The average molecular weight is 353 g/mol. The van der Waals surface area contributed by atoms with E-state index in [2.05, 4.69) is 16.9 Å². The van der Waals surface area contributed by atoms with E-state index in [9.17, 15) is 9.59 Å². The molecule has 26 heavy (non-hydrogen) atoms. The Labute approximate surface area is 152 Å². The van der Waals surface area contributed by atoms with Gasteiger partial charge in [0.05, 0.1) is 5.69 Å². The van der Waals surface area contributed by atoms with Crippen LogP contribution in [0.4, 0.5) is 5.69 Å². The Kier molecular flexibility index (Phi) is 5.21. The molecular weight excluding hydrogens is 330 g/mol. The van der Waals surface area contributed by atoms with E-state index in [1.807, 2.05) is 32.0 Å². The number of aromatic nitrogens is 1. The fourth-order valence-electron chi connectivity index (χ4n) is 3.14. The predicted octanol–water partition coefficient (Wildman–Crippen LogP) is 3.32. The first kappa shape index (κ1) is 17.9. The third kappa shape index (κ3) is 3.85. The third-order valence-corrected chi connectivity index (χ3v) is 4.71. The van der Waals surface area contributed by atoms with Gasteiger partial charge < -0.3 is 14.6 Å². The van der Waals surface area contributed by atoms with Gasteiger partial charge in [0.25, 0.3) is 0 Å². The zero-order valence-electron chi connectivity index (χ0n) is 15.1. The van der Waals surface area contributed by atoms with Crippen LogP contribution >= 0.6 is 0 Å². The van der Waals surface area contributed by atoms with E-state index in [1.54, 1.807) is 11.2 Å². The van der Waals surface area contributed by atoms with Crippen molar-refractivity contribution < 1.29 is 14.0 Å². The molecular formula is C20H23N3O3. The number of nitrogens with one attached hydrogen (secondary N) is 1. The van der Waals surface area contributed by atoms with Crippen LogP contribution in [0, 0.1) is 19.8 Å². The minimum atomic E-state index is -0.0994. The normalized spacial score (nSPS) is 14.9. The highest BCUT2D eigenvalue weighted by atomic mass is 16.3. The second-order valence-electron chi connectivity index (χ2n) is 6.62. The van der Waals surface area contributed by atoms with Crippen LogP contribution < -0.4 is 5.32 Å². The van der Waals surface area contributed by atoms with E-state index >= 15 is 0 Å². The first-order chi connectivity index (χ1) is 12.5. The standard InChI is InChI=1S/C20H23N3O3/c1-4-18(24)23-9-7-15(8-10-23)19(25)22-16-6-5-13(2)17(11-16)20-21-14(3)12-26-20/h4-6,11-12,15H,1,7-10H2,2-3H3,(H,22,25). The Morgan fingerprint density at radius 1 is 1.31 bits per heavy atom. The topological polar surface area (TPSA) is 75.4 Å². The van der Waals surface area contributed by atoms with Crippen molar-refractivity contribution in [3.8, 4) is 11.5 Å². The lowest BCUT2D eigenvalue weighted by Gasteiger charge is -2.30.